The van der Waals surface area contributed by atoms with Gasteiger partial charge < -0.3 is 14.6 Å². The van der Waals surface area contributed by atoms with Gasteiger partial charge >= 0.3 is 0 Å². The summed E-state index contributed by atoms with van der Waals surface area (Å²) in [5, 5.41) is 2.62. The number of sulfonamides is 1. The summed E-state index contributed by atoms with van der Waals surface area (Å²) in [6.07, 6.45) is 3.36. The maximum atomic E-state index is 13.3. The van der Waals surface area contributed by atoms with Gasteiger partial charge in [0.2, 0.25) is 15.9 Å². The summed E-state index contributed by atoms with van der Waals surface area (Å²) < 4.78 is 36.5. The highest BCUT2D eigenvalue weighted by atomic mass is 32.2. The van der Waals surface area contributed by atoms with E-state index in [2.05, 4.69) is 15.0 Å². The van der Waals surface area contributed by atoms with E-state index in [4.69, 9.17) is 4.74 Å². The Labute approximate surface area is 176 Å². The fourth-order valence-corrected chi connectivity index (χ4v) is 4.59. The summed E-state index contributed by atoms with van der Waals surface area (Å²) in [7, 11) is -0.605. The smallest absolute Gasteiger partial charge is 0.241 e. The van der Waals surface area contributed by atoms with Gasteiger partial charge in [-0.3, -0.25) is 4.79 Å². The van der Waals surface area contributed by atoms with Crippen LogP contribution in [0.4, 0.5) is 5.69 Å². The maximum absolute atomic E-state index is 13.3. The number of benzene rings is 2. The first-order chi connectivity index (χ1) is 14.2. The lowest BCUT2D eigenvalue weighted by Gasteiger charge is -2.21. The number of carbonyl (C=O) groups excluding carboxylic acids is 1. The Morgan fingerprint density at radius 2 is 1.97 bits per heavy atom. The van der Waals surface area contributed by atoms with Gasteiger partial charge in [0, 0.05) is 32.1 Å². The number of hydrogen-bond donors (Lipinski definition) is 2. The molecule has 0 aliphatic carbocycles. The third-order valence-electron chi connectivity index (χ3n) is 4.61. The van der Waals surface area contributed by atoms with Gasteiger partial charge in [0.05, 0.1) is 12.0 Å². The first-order valence-electron chi connectivity index (χ1n) is 9.23. The van der Waals surface area contributed by atoms with Crippen molar-refractivity contribution in [1.82, 2.24) is 14.3 Å². The third kappa shape index (κ3) is 4.69. The predicted octanol–water partition coefficient (Wildman–Crippen LogP) is 2.76. The molecule has 8 nitrogen and oxygen atoms in total. The molecule has 158 valence electrons. The molecule has 1 heterocycles. The van der Waals surface area contributed by atoms with Gasteiger partial charge in [-0.1, -0.05) is 18.2 Å². The zero-order chi connectivity index (χ0) is 21.9. The number of anilines is 1. The van der Waals surface area contributed by atoms with Crippen LogP contribution in [0.1, 0.15) is 29.9 Å². The predicted molar refractivity (Wildman–Crippen MR) is 114 cm³/mol. The minimum absolute atomic E-state index is 0.0795. The van der Waals surface area contributed by atoms with Crippen molar-refractivity contribution in [2.45, 2.75) is 24.8 Å². The molecule has 30 heavy (non-hydrogen) atoms. The molecule has 2 aromatic carbocycles. The lowest BCUT2D eigenvalue weighted by molar-refractivity contribution is -0.114. The van der Waals surface area contributed by atoms with Gasteiger partial charge in [-0.2, -0.15) is 4.72 Å². The summed E-state index contributed by atoms with van der Waals surface area (Å²) >= 11 is 0. The molecule has 0 bridgehead atoms. The highest BCUT2D eigenvalue weighted by Crippen LogP contribution is 2.28. The average Bonchev–Trinajstić information content (AvgIpc) is 3.13. The standard InChI is InChI=1S/C21H24N4O4S/c1-14-8-9-17(23-15(2)26)13-19(14)30(27,28)24-20(21-22-10-11-25(21)3)16-6-5-7-18(12-16)29-4/h5-13,20,24H,1-4H3,(H,23,26). The van der Waals surface area contributed by atoms with Crippen LogP contribution in [0.2, 0.25) is 0 Å². The molecule has 2 N–H and O–H groups in total. The molecular formula is C21H24N4O4S. The SMILES string of the molecule is COc1cccc(C(NS(=O)(=O)c2cc(NC(C)=O)ccc2C)c2nccn2C)c1. The zero-order valence-corrected chi connectivity index (χ0v) is 18.0. The maximum Gasteiger partial charge on any atom is 0.241 e. The summed E-state index contributed by atoms with van der Waals surface area (Å²) in [6.45, 7) is 3.07. The molecule has 0 aliphatic heterocycles. The number of aromatic nitrogens is 2. The first kappa shape index (κ1) is 21.5. The highest BCUT2D eigenvalue weighted by Gasteiger charge is 2.27. The lowest BCUT2D eigenvalue weighted by atomic mass is 10.1. The van der Waals surface area contributed by atoms with Crippen molar-refractivity contribution in [2.24, 2.45) is 7.05 Å². The van der Waals surface area contributed by atoms with Crippen LogP contribution in [0.15, 0.2) is 59.8 Å². The number of aryl methyl sites for hydroxylation is 2. The number of nitrogens with zero attached hydrogens (tertiary/aromatic N) is 2. The number of rotatable bonds is 7. The molecule has 1 unspecified atom stereocenters. The quantitative estimate of drug-likeness (QED) is 0.602. The second-order valence-electron chi connectivity index (χ2n) is 6.89. The van der Waals surface area contributed by atoms with Crippen LogP contribution in [0.25, 0.3) is 0 Å². The van der Waals surface area contributed by atoms with E-state index < -0.39 is 16.1 Å². The molecule has 9 heteroatoms. The molecule has 1 aromatic heterocycles. The van der Waals surface area contributed by atoms with Crippen LogP contribution >= 0.6 is 0 Å². The Morgan fingerprint density at radius 3 is 2.60 bits per heavy atom. The molecule has 1 atom stereocenters. The van der Waals surface area contributed by atoms with Crippen molar-refractivity contribution in [2.75, 3.05) is 12.4 Å². The van der Waals surface area contributed by atoms with Crippen molar-refractivity contribution < 1.29 is 17.9 Å². The van der Waals surface area contributed by atoms with Crippen LogP contribution in [-0.4, -0.2) is 31.0 Å². The molecule has 0 spiro atoms. The Hall–Kier alpha value is -3.17. The number of methoxy groups -OCH3 is 1. The molecule has 0 aliphatic rings. The first-order valence-corrected chi connectivity index (χ1v) is 10.7. The average molecular weight is 429 g/mol. The minimum Gasteiger partial charge on any atom is -0.497 e. The molecule has 3 rings (SSSR count). The second-order valence-corrected chi connectivity index (χ2v) is 8.57. The van der Waals surface area contributed by atoms with E-state index in [0.717, 1.165) is 0 Å². The van der Waals surface area contributed by atoms with Crippen LogP contribution in [-0.2, 0) is 21.9 Å². The summed E-state index contributed by atoms with van der Waals surface area (Å²) in [4.78, 5) is 15.8. The van der Waals surface area contributed by atoms with Gasteiger partial charge in [-0.05, 0) is 42.3 Å². The van der Waals surface area contributed by atoms with E-state index in [9.17, 15) is 13.2 Å². The van der Waals surface area contributed by atoms with Crippen LogP contribution < -0.4 is 14.8 Å². The van der Waals surface area contributed by atoms with Gasteiger partial charge in [-0.15, -0.1) is 0 Å². The van der Waals surface area contributed by atoms with Crippen LogP contribution in [0.5, 0.6) is 5.75 Å². The highest BCUT2D eigenvalue weighted by molar-refractivity contribution is 7.89. The summed E-state index contributed by atoms with van der Waals surface area (Å²) in [6, 6.07) is 11.2. The van der Waals surface area contributed by atoms with Crippen LogP contribution in [0, 0.1) is 6.92 Å². The lowest BCUT2D eigenvalue weighted by Crippen LogP contribution is -2.31. The number of nitrogens with one attached hydrogen (secondary N) is 2. The van der Waals surface area contributed by atoms with Crippen molar-refractivity contribution in [3.63, 3.8) is 0 Å². The monoisotopic (exact) mass is 428 g/mol. The molecule has 1 amide bonds. The molecule has 0 saturated carbocycles. The number of imidazole rings is 1. The van der Waals surface area contributed by atoms with Crippen molar-refractivity contribution in [3.8, 4) is 5.75 Å². The van der Waals surface area contributed by atoms with E-state index in [0.29, 0.717) is 28.4 Å². The zero-order valence-electron chi connectivity index (χ0n) is 17.2. The summed E-state index contributed by atoms with van der Waals surface area (Å²) in [5.74, 6) is 0.856. The second kappa shape index (κ2) is 8.68. The minimum atomic E-state index is -3.95. The molecule has 0 radical (unpaired) electrons. The largest absolute Gasteiger partial charge is 0.497 e. The van der Waals surface area contributed by atoms with E-state index in [1.165, 1.54) is 13.0 Å². The molecule has 0 saturated heterocycles. The topological polar surface area (TPSA) is 102 Å². The Kier molecular flexibility index (Phi) is 6.23. The van der Waals surface area contributed by atoms with E-state index in [-0.39, 0.29) is 10.8 Å². The summed E-state index contributed by atoms with van der Waals surface area (Å²) in [5.41, 5.74) is 1.65. The fourth-order valence-electron chi connectivity index (χ4n) is 3.14. The Morgan fingerprint density at radius 1 is 1.20 bits per heavy atom. The van der Waals surface area contributed by atoms with Crippen LogP contribution in [0.3, 0.4) is 0 Å². The van der Waals surface area contributed by atoms with Crippen molar-refractivity contribution in [1.29, 1.82) is 0 Å². The van der Waals surface area contributed by atoms with Crippen molar-refractivity contribution >= 4 is 21.6 Å². The third-order valence-corrected chi connectivity index (χ3v) is 6.18. The van der Waals surface area contributed by atoms with E-state index in [1.807, 2.05) is 6.07 Å². The van der Waals surface area contributed by atoms with Gasteiger partial charge in [-0.25, -0.2) is 13.4 Å². The number of amides is 1. The number of hydrogen-bond acceptors (Lipinski definition) is 5. The Balaban J connectivity index is 2.06. The number of carbonyl (C=O) groups is 1. The molecule has 0 fully saturated rings. The van der Waals surface area contributed by atoms with Gasteiger partial charge in [0.15, 0.2) is 0 Å². The fraction of sp³-hybridized carbons (Fsp3) is 0.238. The van der Waals surface area contributed by atoms with E-state index in [1.54, 1.807) is 68.4 Å². The normalized spacial score (nSPS) is 12.4. The molecule has 3 aromatic rings. The molecular weight excluding hydrogens is 404 g/mol. The Bertz CT molecular complexity index is 1170. The number of ether oxygens (including phenoxy) is 1. The van der Waals surface area contributed by atoms with Crippen molar-refractivity contribution in [3.05, 3.63) is 71.8 Å². The van der Waals surface area contributed by atoms with Gasteiger partial charge in [0.25, 0.3) is 0 Å². The van der Waals surface area contributed by atoms with Gasteiger partial charge in [0.1, 0.15) is 17.6 Å². The van der Waals surface area contributed by atoms with E-state index >= 15 is 0 Å².